The number of nitrogens with zero attached hydrogens (tertiary/aromatic N) is 2. The number of amides is 1. The first-order chi connectivity index (χ1) is 14.6. The van der Waals surface area contributed by atoms with Crippen molar-refractivity contribution >= 4 is 29.3 Å². The summed E-state index contributed by atoms with van der Waals surface area (Å²) in [7, 11) is 1.66. The zero-order chi connectivity index (χ0) is 20.9. The molecule has 1 amide bonds. The third kappa shape index (κ3) is 4.65. The molecule has 1 saturated heterocycles. The normalized spacial score (nSPS) is 16.5. The van der Waals surface area contributed by atoms with Gasteiger partial charge in [-0.15, -0.1) is 0 Å². The van der Waals surface area contributed by atoms with Crippen LogP contribution < -0.4 is 19.1 Å². The van der Waals surface area contributed by atoms with E-state index >= 15 is 0 Å². The Morgan fingerprint density at radius 3 is 2.67 bits per heavy atom. The van der Waals surface area contributed by atoms with Crippen LogP contribution >= 0.6 is 11.6 Å². The van der Waals surface area contributed by atoms with Gasteiger partial charge < -0.3 is 24.0 Å². The highest BCUT2D eigenvalue weighted by atomic mass is 35.5. The first-order valence-corrected chi connectivity index (χ1v) is 10.5. The van der Waals surface area contributed by atoms with Gasteiger partial charge in [-0.3, -0.25) is 4.79 Å². The fraction of sp³-hybridized carbons (Fsp3) is 0.348. The molecule has 30 heavy (non-hydrogen) atoms. The van der Waals surface area contributed by atoms with Crippen LogP contribution in [0.25, 0.3) is 6.08 Å². The zero-order valence-corrected chi connectivity index (χ0v) is 17.7. The number of hydrogen-bond donors (Lipinski definition) is 0. The Morgan fingerprint density at radius 1 is 1.07 bits per heavy atom. The highest BCUT2D eigenvalue weighted by Crippen LogP contribution is 2.38. The second-order valence-corrected chi connectivity index (χ2v) is 7.63. The molecule has 0 aromatic heterocycles. The molecule has 0 spiro atoms. The molecule has 2 aliphatic rings. The van der Waals surface area contributed by atoms with Crippen molar-refractivity contribution in [3.8, 4) is 17.2 Å². The number of halogens is 1. The van der Waals surface area contributed by atoms with E-state index in [1.807, 2.05) is 23.1 Å². The number of benzene rings is 2. The van der Waals surface area contributed by atoms with E-state index in [1.165, 1.54) is 0 Å². The summed E-state index contributed by atoms with van der Waals surface area (Å²) in [4.78, 5) is 16.9. The Kier molecular flexibility index (Phi) is 6.33. The predicted octanol–water partition coefficient (Wildman–Crippen LogP) is 3.87. The number of ether oxygens (including phenoxy) is 3. The van der Waals surface area contributed by atoms with Gasteiger partial charge >= 0.3 is 0 Å². The number of anilines is 1. The Hall–Kier alpha value is -2.86. The fourth-order valence-corrected chi connectivity index (χ4v) is 3.96. The quantitative estimate of drug-likeness (QED) is 0.692. The van der Waals surface area contributed by atoms with Crippen molar-refractivity contribution in [2.75, 3.05) is 51.4 Å². The van der Waals surface area contributed by atoms with E-state index in [1.54, 1.807) is 25.3 Å². The molecule has 4 rings (SSSR count). The molecule has 0 N–H and O–H groups in total. The third-order valence-corrected chi connectivity index (χ3v) is 5.56. The minimum atomic E-state index is -0.00223. The van der Waals surface area contributed by atoms with Crippen molar-refractivity contribution in [1.29, 1.82) is 0 Å². The van der Waals surface area contributed by atoms with Gasteiger partial charge in [-0.1, -0.05) is 11.6 Å². The highest BCUT2D eigenvalue weighted by Gasteiger charge is 2.19. The van der Waals surface area contributed by atoms with Crippen LogP contribution in [-0.4, -0.2) is 57.3 Å². The number of rotatable bonds is 4. The molecule has 0 radical (unpaired) electrons. The van der Waals surface area contributed by atoms with Crippen LogP contribution in [0.15, 0.2) is 42.5 Å². The molecule has 158 valence electrons. The molecular weight excluding hydrogens is 404 g/mol. The Bertz CT molecular complexity index is 930. The lowest BCUT2D eigenvalue weighted by Gasteiger charge is -2.23. The van der Waals surface area contributed by atoms with Crippen LogP contribution in [0.4, 0.5) is 5.69 Å². The molecule has 2 heterocycles. The van der Waals surface area contributed by atoms with Crippen LogP contribution in [0.2, 0.25) is 5.02 Å². The van der Waals surface area contributed by atoms with Crippen LogP contribution in [0.1, 0.15) is 12.0 Å². The second-order valence-electron chi connectivity index (χ2n) is 7.22. The molecule has 7 heteroatoms. The summed E-state index contributed by atoms with van der Waals surface area (Å²) in [5, 5.41) is 0.490. The lowest BCUT2D eigenvalue weighted by molar-refractivity contribution is -0.125. The van der Waals surface area contributed by atoms with Gasteiger partial charge in [0.15, 0.2) is 11.5 Å². The van der Waals surface area contributed by atoms with E-state index in [9.17, 15) is 4.79 Å². The zero-order valence-electron chi connectivity index (χ0n) is 17.0. The summed E-state index contributed by atoms with van der Waals surface area (Å²) >= 11 is 6.28. The van der Waals surface area contributed by atoms with Gasteiger partial charge in [-0.25, -0.2) is 0 Å². The van der Waals surface area contributed by atoms with Crippen LogP contribution in [0.5, 0.6) is 17.2 Å². The van der Waals surface area contributed by atoms with Crippen LogP contribution in [0.3, 0.4) is 0 Å². The average molecular weight is 429 g/mol. The molecule has 2 aromatic rings. The smallest absolute Gasteiger partial charge is 0.246 e. The minimum Gasteiger partial charge on any atom is -0.497 e. The molecule has 0 saturated carbocycles. The maximum atomic E-state index is 12.7. The molecule has 0 atom stereocenters. The molecule has 0 bridgehead atoms. The van der Waals surface area contributed by atoms with Crippen molar-refractivity contribution in [1.82, 2.24) is 4.90 Å². The first kappa shape index (κ1) is 20.4. The average Bonchev–Trinajstić information content (AvgIpc) is 3.04. The summed E-state index contributed by atoms with van der Waals surface area (Å²) in [6.07, 6.45) is 4.30. The van der Waals surface area contributed by atoms with Crippen molar-refractivity contribution in [2.45, 2.75) is 6.42 Å². The third-order valence-electron chi connectivity index (χ3n) is 5.28. The lowest BCUT2D eigenvalue weighted by Crippen LogP contribution is -2.34. The van der Waals surface area contributed by atoms with Crippen molar-refractivity contribution in [3.05, 3.63) is 53.1 Å². The summed E-state index contributed by atoms with van der Waals surface area (Å²) in [5.74, 6) is 2.02. The SMILES string of the molecule is COc1ccc(N2CCCN(C(=O)/C=C/c3cc(Cl)c4c(c3)OCCO4)CC2)cc1. The molecule has 2 aliphatic heterocycles. The standard InChI is InChI=1S/C23H25ClN2O4/c1-28-19-6-4-18(5-7-19)25-9-2-10-26(12-11-25)22(27)8-3-17-15-20(24)23-21(16-17)29-13-14-30-23/h3-8,15-16H,2,9-14H2,1H3/b8-3+. The molecule has 6 nitrogen and oxygen atoms in total. The Balaban J connectivity index is 1.38. The number of hydrogen-bond acceptors (Lipinski definition) is 5. The maximum absolute atomic E-state index is 12.7. The maximum Gasteiger partial charge on any atom is 0.246 e. The topological polar surface area (TPSA) is 51.2 Å². The summed E-state index contributed by atoms with van der Waals surface area (Å²) < 4.78 is 16.4. The van der Waals surface area contributed by atoms with Gasteiger partial charge in [0.25, 0.3) is 0 Å². The monoisotopic (exact) mass is 428 g/mol. The molecule has 2 aromatic carbocycles. The number of carbonyl (C=O) groups excluding carboxylic acids is 1. The number of fused-ring (bicyclic) bond motifs is 1. The van der Waals surface area contributed by atoms with E-state index in [0.717, 1.165) is 43.1 Å². The fourth-order valence-electron chi connectivity index (χ4n) is 3.69. The largest absolute Gasteiger partial charge is 0.497 e. The van der Waals surface area contributed by atoms with Gasteiger partial charge in [-0.2, -0.15) is 0 Å². The van der Waals surface area contributed by atoms with Gasteiger partial charge in [0.2, 0.25) is 5.91 Å². The minimum absolute atomic E-state index is 0.00223. The van der Waals surface area contributed by atoms with E-state index in [4.69, 9.17) is 25.8 Å². The van der Waals surface area contributed by atoms with Gasteiger partial charge in [0.1, 0.15) is 19.0 Å². The Morgan fingerprint density at radius 2 is 1.87 bits per heavy atom. The first-order valence-electron chi connectivity index (χ1n) is 10.1. The summed E-state index contributed by atoms with van der Waals surface area (Å²) in [6.45, 7) is 4.10. The highest BCUT2D eigenvalue weighted by molar-refractivity contribution is 6.32. The van der Waals surface area contributed by atoms with E-state index in [0.29, 0.717) is 36.3 Å². The lowest BCUT2D eigenvalue weighted by atomic mass is 10.1. The Labute approximate surface area is 181 Å². The van der Waals surface area contributed by atoms with Crippen molar-refractivity contribution in [3.63, 3.8) is 0 Å². The van der Waals surface area contributed by atoms with Gasteiger partial charge in [-0.05, 0) is 54.5 Å². The molecule has 0 aliphatic carbocycles. The second kappa shape index (κ2) is 9.30. The predicted molar refractivity (Wildman–Crippen MR) is 118 cm³/mol. The number of methoxy groups -OCH3 is 1. The molecule has 1 fully saturated rings. The van der Waals surface area contributed by atoms with E-state index < -0.39 is 0 Å². The van der Waals surface area contributed by atoms with Gasteiger partial charge in [0.05, 0.1) is 12.1 Å². The molecular formula is C23H25ClN2O4. The summed E-state index contributed by atoms with van der Waals surface area (Å²) in [5.41, 5.74) is 1.96. The number of carbonyl (C=O) groups is 1. The summed E-state index contributed by atoms with van der Waals surface area (Å²) in [6, 6.07) is 11.7. The van der Waals surface area contributed by atoms with Crippen molar-refractivity contribution < 1.29 is 19.0 Å². The van der Waals surface area contributed by atoms with Crippen LogP contribution in [-0.2, 0) is 4.79 Å². The van der Waals surface area contributed by atoms with E-state index in [-0.39, 0.29) is 5.91 Å². The van der Waals surface area contributed by atoms with Crippen molar-refractivity contribution in [2.24, 2.45) is 0 Å². The molecule has 0 unspecified atom stereocenters. The van der Waals surface area contributed by atoms with E-state index in [2.05, 4.69) is 17.0 Å². The van der Waals surface area contributed by atoms with Crippen LogP contribution in [0, 0.1) is 0 Å². The van der Waals surface area contributed by atoms with Gasteiger partial charge in [0, 0.05) is 37.9 Å².